The number of ether oxygens (including phenoxy) is 1. The smallest absolute Gasteiger partial charge is 0.348 e. The lowest BCUT2D eigenvalue weighted by Gasteiger charge is -1.95. The maximum Gasteiger partial charge on any atom is 0.348 e. The molecule has 0 aromatic carbocycles. The van der Waals surface area contributed by atoms with Gasteiger partial charge in [0.2, 0.25) is 0 Å². The summed E-state index contributed by atoms with van der Waals surface area (Å²) < 4.78 is 4.61. The summed E-state index contributed by atoms with van der Waals surface area (Å²) in [6.45, 7) is 0. The summed E-state index contributed by atoms with van der Waals surface area (Å²) in [6.07, 6.45) is 1.58. The zero-order valence-corrected chi connectivity index (χ0v) is 9.34. The number of methoxy groups -OCH3 is 1. The Morgan fingerprint density at radius 1 is 1.44 bits per heavy atom. The maximum absolute atomic E-state index is 11.2. The molecule has 2 heterocycles. The van der Waals surface area contributed by atoms with Gasteiger partial charge in [0, 0.05) is 29.3 Å². The van der Waals surface area contributed by atoms with Crippen LogP contribution in [0.2, 0.25) is 0 Å². The highest BCUT2D eigenvalue weighted by molar-refractivity contribution is 7.12. The topological polar surface area (TPSA) is 59.2 Å². The van der Waals surface area contributed by atoms with Crippen molar-refractivity contribution < 1.29 is 9.53 Å². The fraction of sp³-hybridized carbons (Fsp3) is 0.0909. The Labute approximate surface area is 95.5 Å². The first-order valence-electron chi connectivity index (χ1n) is 4.56. The molecule has 0 spiro atoms. The minimum absolute atomic E-state index is 0.0698. The van der Waals surface area contributed by atoms with Crippen LogP contribution >= 0.6 is 11.3 Å². The summed E-state index contributed by atoms with van der Waals surface area (Å²) in [5.41, 5.74) is 1.43. The molecule has 1 N–H and O–H groups in total. The van der Waals surface area contributed by atoms with Crippen molar-refractivity contribution in [2.75, 3.05) is 7.11 Å². The first-order chi connectivity index (χ1) is 7.70. The number of aromatic amines is 1. The number of pyridine rings is 1. The Kier molecular flexibility index (Phi) is 2.87. The second kappa shape index (κ2) is 4.32. The van der Waals surface area contributed by atoms with Crippen LogP contribution < -0.4 is 5.43 Å². The molecule has 0 fully saturated rings. The molecule has 82 valence electrons. The number of H-pyrrole nitrogens is 1. The summed E-state index contributed by atoms with van der Waals surface area (Å²) >= 11 is 1.29. The second-order valence-corrected chi connectivity index (χ2v) is 4.04. The molecule has 0 radical (unpaired) electrons. The maximum atomic E-state index is 11.2. The zero-order chi connectivity index (χ0) is 11.5. The molecule has 0 aliphatic carbocycles. The summed E-state index contributed by atoms with van der Waals surface area (Å²) in [7, 11) is 1.34. The molecule has 0 aliphatic rings. The fourth-order valence-electron chi connectivity index (χ4n) is 1.30. The van der Waals surface area contributed by atoms with E-state index >= 15 is 0 Å². The Balaban J connectivity index is 2.39. The van der Waals surface area contributed by atoms with Gasteiger partial charge in [-0.1, -0.05) is 0 Å². The third-order valence-corrected chi connectivity index (χ3v) is 2.98. The van der Waals surface area contributed by atoms with Crippen molar-refractivity contribution in [1.82, 2.24) is 4.98 Å². The highest BCUT2D eigenvalue weighted by atomic mass is 32.1. The molecule has 16 heavy (non-hydrogen) atoms. The first-order valence-corrected chi connectivity index (χ1v) is 5.44. The van der Waals surface area contributed by atoms with Crippen LogP contribution in [0, 0.1) is 0 Å². The van der Waals surface area contributed by atoms with Gasteiger partial charge in [-0.05, 0) is 6.07 Å². The predicted molar refractivity (Wildman–Crippen MR) is 61.7 cm³/mol. The zero-order valence-electron chi connectivity index (χ0n) is 8.52. The number of nitrogens with one attached hydrogen (secondary N) is 1. The van der Waals surface area contributed by atoms with E-state index in [4.69, 9.17) is 0 Å². The van der Waals surface area contributed by atoms with Crippen molar-refractivity contribution in [3.63, 3.8) is 0 Å². The lowest BCUT2D eigenvalue weighted by Crippen LogP contribution is -1.98. The molecule has 0 aliphatic heterocycles. The monoisotopic (exact) mass is 235 g/mol. The summed E-state index contributed by atoms with van der Waals surface area (Å²) in [4.78, 5) is 25.9. The quantitative estimate of drug-likeness (QED) is 0.808. The van der Waals surface area contributed by atoms with Crippen molar-refractivity contribution in [1.29, 1.82) is 0 Å². The first kappa shape index (κ1) is 10.6. The highest BCUT2D eigenvalue weighted by Gasteiger charge is 2.10. The summed E-state index contributed by atoms with van der Waals surface area (Å²) in [6, 6.07) is 4.63. The van der Waals surface area contributed by atoms with Crippen LogP contribution in [-0.4, -0.2) is 18.1 Å². The lowest BCUT2D eigenvalue weighted by atomic mass is 10.2. The SMILES string of the molecule is COC(=O)c1cc(-c2cc(=O)cc[nH]2)cs1. The molecule has 5 heteroatoms. The third-order valence-electron chi connectivity index (χ3n) is 2.07. The van der Waals surface area contributed by atoms with E-state index in [-0.39, 0.29) is 11.4 Å². The van der Waals surface area contributed by atoms with Gasteiger partial charge in [-0.25, -0.2) is 4.79 Å². The molecule has 2 aromatic rings. The standard InChI is InChI=1S/C11H9NO3S/c1-15-11(14)10-4-7(6-16-10)9-5-8(13)2-3-12-9/h2-6H,1H3,(H,12,13). The minimum Gasteiger partial charge on any atom is -0.465 e. The Bertz CT molecular complexity index is 570. The number of aromatic nitrogens is 1. The number of hydrogen-bond acceptors (Lipinski definition) is 4. The van der Waals surface area contributed by atoms with Crippen LogP contribution in [0.3, 0.4) is 0 Å². The van der Waals surface area contributed by atoms with Gasteiger partial charge in [0.1, 0.15) is 4.88 Å². The van der Waals surface area contributed by atoms with E-state index in [9.17, 15) is 9.59 Å². The summed E-state index contributed by atoms with van der Waals surface area (Å²) in [5, 5.41) is 1.80. The van der Waals surface area contributed by atoms with Gasteiger partial charge in [0.05, 0.1) is 12.8 Å². The van der Waals surface area contributed by atoms with Gasteiger partial charge in [0.15, 0.2) is 5.43 Å². The van der Waals surface area contributed by atoms with Crippen LogP contribution in [0.15, 0.2) is 34.6 Å². The average molecular weight is 235 g/mol. The van der Waals surface area contributed by atoms with Gasteiger partial charge < -0.3 is 9.72 Å². The van der Waals surface area contributed by atoms with Crippen LogP contribution in [0.5, 0.6) is 0 Å². The Hall–Kier alpha value is -1.88. The molecule has 0 amide bonds. The average Bonchev–Trinajstić information content (AvgIpc) is 2.77. The molecule has 0 unspecified atom stereocenters. The van der Waals surface area contributed by atoms with Crippen molar-refractivity contribution >= 4 is 17.3 Å². The predicted octanol–water partition coefficient (Wildman–Crippen LogP) is 1.89. The third kappa shape index (κ3) is 2.04. The number of hydrogen-bond donors (Lipinski definition) is 1. The van der Waals surface area contributed by atoms with E-state index in [1.165, 1.54) is 30.6 Å². The Morgan fingerprint density at radius 3 is 2.94 bits per heavy atom. The lowest BCUT2D eigenvalue weighted by molar-refractivity contribution is 0.0606. The van der Waals surface area contributed by atoms with Gasteiger partial charge in [-0.3, -0.25) is 4.79 Å². The van der Waals surface area contributed by atoms with Crippen molar-refractivity contribution in [2.45, 2.75) is 0 Å². The molecule has 0 atom stereocenters. The Morgan fingerprint density at radius 2 is 2.25 bits per heavy atom. The molecule has 0 saturated heterocycles. The van der Waals surface area contributed by atoms with Crippen LogP contribution in [0.4, 0.5) is 0 Å². The molecule has 0 bridgehead atoms. The van der Waals surface area contributed by atoms with Crippen molar-refractivity contribution in [2.24, 2.45) is 0 Å². The van der Waals surface area contributed by atoms with Crippen molar-refractivity contribution in [3.8, 4) is 11.3 Å². The van der Waals surface area contributed by atoms with Gasteiger partial charge in [-0.2, -0.15) is 0 Å². The molecule has 2 aromatic heterocycles. The molecule has 2 rings (SSSR count). The van der Waals surface area contributed by atoms with E-state index in [0.29, 0.717) is 10.6 Å². The van der Waals surface area contributed by atoms with Gasteiger partial charge in [-0.15, -0.1) is 11.3 Å². The number of carbonyl (C=O) groups is 1. The van der Waals surface area contributed by atoms with Gasteiger partial charge in [0.25, 0.3) is 0 Å². The minimum atomic E-state index is -0.366. The van der Waals surface area contributed by atoms with Crippen LogP contribution in [0.25, 0.3) is 11.3 Å². The van der Waals surface area contributed by atoms with Gasteiger partial charge >= 0.3 is 5.97 Å². The second-order valence-electron chi connectivity index (χ2n) is 3.13. The van der Waals surface area contributed by atoms with E-state index in [0.717, 1.165) is 5.56 Å². The van der Waals surface area contributed by atoms with Crippen LogP contribution in [-0.2, 0) is 4.74 Å². The van der Waals surface area contributed by atoms with E-state index in [2.05, 4.69) is 9.72 Å². The van der Waals surface area contributed by atoms with E-state index < -0.39 is 0 Å². The molecule has 4 nitrogen and oxygen atoms in total. The highest BCUT2D eigenvalue weighted by Crippen LogP contribution is 2.23. The number of rotatable bonds is 2. The number of carbonyl (C=O) groups excluding carboxylic acids is 1. The summed E-state index contributed by atoms with van der Waals surface area (Å²) in [5.74, 6) is -0.366. The molecule has 0 saturated carbocycles. The van der Waals surface area contributed by atoms with E-state index in [1.807, 2.05) is 0 Å². The normalized spacial score (nSPS) is 10.1. The molecular formula is C11H9NO3S. The number of thiophene rings is 1. The fourth-order valence-corrected chi connectivity index (χ4v) is 2.12. The molecular weight excluding hydrogens is 226 g/mol. The number of esters is 1. The van der Waals surface area contributed by atoms with E-state index in [1.54, 1.807) is 17.6 Å². The van der Waals surface area contributed by atoms with Crippen LogP contribution in [0.1, 0.15) is 9.67 Å². The van der Waals surface area contributed by atoms with Crippen molar-refractivity contribution in [3.05, 3.63) is 44.9 Å². The largest absolute Gasteiger partial charge is 0.465 e.